The van der Waals surface area contributed by atoms with E-state index in [2.05, 4.69) is 9.97 Å². The number of quaternary nitrogens is 1. The maximum absolute atomic E-state index is 12.5. The van der Waals surface area contributed by atoms with Crippen molar-refractivity contribution in [1.29, 1.82) is 0 Å². The molecule has 2 aliphatic rings. The molecule has 4 rings (SSSR count). The highest BCUT2D eigenvalue weighted by Crippen LogP contribution is 2.48. The van der Waals surface area contributed by atoms with Crippen LogP contribution in [0.3, 0.4) is 0 Å². The van der Waals surface area contributed by atoms with Crippen LogP contribution < -0.4 is 24.7 Å². The van der Waals surface area contributed by atoms with Crippen LogP contribution in [-0.2, 0) is 6.42 Å². The Hall–Kier alpha value is -2.52. The number of hydrogen-bond donors (Lipinski definition) is 4. The Labute approximate surface area is 148 Å². The standard InChI is InChI=1S/C16H17N3O5S/c1-19-4-3-7-5-8-12(24-6-23-8)13(22-2)9(7)11(19)10-14(20)17-16(25)18-15(10)21/h5,11H,3-4,6H2,1-2H3,(H3,17,18,20,21,25)/p+1/t11-/m0/s1. The zero-order valence-corrected chi connectivity index (χ0v) is 14.6. The minimum Gasteiger partial charge on any atom is -0.494 e. The molecule has 3 heterocycles. The summed E-state index contributed by atoms with van der Waals surface area (Å²) in [5.74, 6) is 1.47. The molecule has 0 bridgehead atoms. The molecule has 1 unspecified atom stereocenters. The number of H-pyrrole nitrogens is 2. The SMILES string of the molecule is COc1c2c(cc3c1[C@@H](c1c(O)[nH]c(=S)[nH]c1=O)[NH+](C)CC3)OCO2. The summed E-state index contributed by atoms with van der Waals surface area (Å²) in [5.41, 5.74) is 1.64. The molecule has 0 saturated heterocycles. The minimum atomic E-state index is -0.427. The van der Waals surface area contributed by atoms with Gasteiger partial charge in [-0.3, -0.25) is 9.78 Å². The third-order valence-corrected chi connectivity index (χ3v) is 4.97. The monoisotopic (exact) mass is 364 g/mol. The van der Waals surface area contributed by atoms with Gasteiger partial charge in [0.2, 0.25) is 18.4 Å². The first kappa shape index (κ1) is 16.0. The Morgan fingerprint density at radius 3 is 2.88 bits per heavy atom. The van der Waals surface area contributed by atoms with Crippen molar-refractivity contribution in [2.45, 2.75) is 12.5 Å². The highest BCUT2D eigenvalue weighted by molar-refractivity contribution is 7.71. The molecule has 132 valence electrons. The molecule has 0 spiro atoms. The van der Waals surface area contributed by atoms with E-state index in [1.807, 2.05) is 13.1 Å². The Morgan fingerprint density at radius 1 is 1.36 bits per heavy atom. The lowest BCUT2D eigenvalue weighted by Crippen LogP contribution is -3.10. The molecule has 0 fully saturated rings. The lowest BCUT2D eigenvalue weighted by molar-refractivity contribution is -0.908. The number of methoxy groups -OCH3 is 1. The summed E-state index contributed by atoms with van der Waals surface area (Å²) in [6, 6.07) is 1.50. The fourth-order valence-electron chi connectivity index (χ4n) is 3.67. The smallest absolute Gasteiger partial charge is 0.265 e. The quantitative estimate of drug-likeness (QED) is 0.561. The van der Waals surface area contributed by atoms with E-state index in [-0.39, 0.29) is 23.0 Å². The molecule has 4 N–H and O–H groups in total. The lowest BCUT2D eigenvalue weighted by atomic mass is 9.87. The lowest BCUT2D eigenvalue weighted by Gasteiger charge is -2.32. The Kier molecular flexibility index (Phi) is 3.69. The Balaban J connectivity index is 2.01. The average molecular weight is 364 g/mol. The molecule has 2 aliphatic heterocycles. The van der Waals surface area contributed by atoms with Gasteiger partial charge < -0.3 is 29.2 Å². The summed E-state index contributed by atoms with van der Waals surface area (Å²) < 4.78 is 16.7. The van der Waals surface area contributed by atoms with E-state index < -0.39 is 11.6 Å². The van der Waals surface area contributed by atoms with Gasteiger partial charge in [-0.2, -0.15) is 0 Å². The van der Waals surface area contributed by atoms with Crippen LogP contribution in [-0.4, -0.2) is 42.6 Å². The van der Waals surface area contributed by atoms with Crippen molar-refractivity contribution >= 4 is 12.2 Å². The summed E-state index contributed by atoms with van der Waals surface area (Å²) >= 11 is 4.93. The first-order chi connectivity index (χ1) is 12.0. The van der Waals surface area contributed by atoms with E-state index in [4.69, 9.17) is 26.4 Å². The van der Waals surface area contributed by atoms with Crippen molar-refractivity contribution < 1.29 is 24.2 Å². The molecular formula is C16H18N3O5S+. The second kappa shape index (κ2) is 5.78. The molecule has 1 aromatic heterocycles. The predicted molar refractivity (Wildman–Crippen MR) is 90.3 cm³/mol. The van der Waals surface area contributed by atoms with Crippen LogP contribution >= 0.6 is 12.2 Å². The first-order valence-electron chi connectivity index (χ1n) is 7.88. The maximum Gasteiger partial charge on any atom is 0.265 e. The predicted octanol–water partition coefficient (Wildman–Crippen LogP) is 0.0356. The van der Waals surface area contributed by atoms with Crippen molar-refractivity contribution in [2.24, 2.45) is 0 Å². The van der Waals surface area contributed by atoms with Crippen LogP contribution in [0.4, 0.5) is 0 Å². The second-order valence-corrected chi connectivity index (χ2v) is 6.57. The summed E-state index contributed by atoms with van der Waals surface area (Å²) in [4.78, 5) is 18.8. The van der Waals surface area contributed by atoms with Crippen LogP contribution in [0, 0.1) is 4.77 Å². The highest BCUT2D eigenvalue weighted by Gasteiger charge is 2.40. The van der Waals surface area contributed by atoms with Crippen LogP contribution in [0.15, 0.2) is 10.9 Å². The van der Waals surface area contributed by atoms with Gasteiger partial charge in [0.05, 0.1) is 26.3 Å². The number of aromatic hydroxyl groups is 1. The van der Waals surface area contributed by atoms with E-state index in [1.165, 1.54) is 0 Å². The van der Waals surface area contributed by atoms with Gasteiger partial charge in [0.15, 0.2) is 22.3 Å². The van der Waals surface area contributed by atoms with Gasteiger partial charge in [-0.15, -0.1) is 0 Å². The minimum absolute atomic E-state index is 0.0811. The molecular weight excluding hydrogens is 346 g/mol. The van der Waals surface area contributed by atoms with E-state index in [1.54, 1.807) is 7.11 Å². The van der Waals surface area contributed by atoms with Crippen molar-refractivity contribution in [3.8, 4) is 23.1 Å². The van der Waals surface area contributed by atoms with Crippen LogP contribution in [0.1, 0.15) is 22.7 Å². The summed E-state index contributed by atoms with van der Waals surface area (Å²) in [6.07, 6.45) is 0.798. The van der Waals surface area contributed by atoms with Crippen molar-refractivity contribution in [3.05, 3.63) is 37.9 Å². The van der Waals surface area contributed by atoms with E-state index >= 15 is 0 Å². The molecule has 2 atom stereocenters. The van der Waals surface area contributed by atoms with Crippen molar-refractivity contribution in [3.63, 3.8) is 0 Å². The van der Waals surface area contributed by atoms with Gasteiger partial charge in [0, 0.05) is 6.42 Å². The number of nitrogens with one attached hydrogen (secondary N) is 3. The number of fused-ring (bicyclic) bond motifs is 2. The van der Waals surface area contributed by atoms with E-state index in [0.29, 0.717) is 17.2 Å². The number of rotatable bonds is 2. The normalized spacial score (nSPS) is 21.0. The highest BCUT2D eigenvalue weighted by atomic mass is 32.1. The molecule has 1 aromatic carbocycles. The fraction of sp³-hybridized carbons (Fsp3) is 0.375. The average Bonchev–Trinajstić information content (AvgIpc) is 3.02. The molecule has 0 radical (unpaired) electrons. The number of aromatic amines is 2. The van der Waals surface area contributed by atoms with Gasteiger partial charge in [-0.1, -0.05) is 0 Å². The van der Waals surface area contributed by atoms with E-state index in [9.17, 15) is 9.90 Å². The Bertz CT molecular complexity index is 967. The first-order valence-corrected chi connectivity index (χ1v) is 8.29. The molecule has 9 heteroatoms. The topological polar surface area (TPSA) is 101 Å². The van der Waals surface area contributed by atoms with Gasteiger partial charge >= 0.3 is 0 Å². The number of benzene rings is 1. The zero-order chi connectivity index (χ0) is 17.7. The molecule has 8 nitrogen and oxygen atoms in total. The van der Waals surface area contributed by atoms with Crippen molar-refractivity contribution in [1.82, 2.24) is 9.97 Å². The number of likely N-dealkylation sites (N-methyl/N-ethyl adjacent to an activating group) is 1. The largest absolute Gasteiger partial charge is 0.494 e. The van der Waals surface area contributed by atoms with E-state index in [0.717, 1.165) is 29.0 Å². The van der Waals surface area contributed by atoms with Gasteiger partial charge in [0.1, 0.15) is 5.56 Å². The van der Waals surface area contributed by atoms with Gasteiger partial charge in [-0.05, 0) is 23.8 Å². The number of ether oxygens (including phenoxy) is 3. The summed E-state index contributed by atoms with van der Waals surface area (Å²) in [5, 5.41) is 10.4. The Morgan fingerprint density at radius 2 is 2.16 bits per heavy atom. The van der Waals surface area contributed by atoms with Crippen LogP contribution in [0.25, 0.3) is 0 Å². The molecule has 2 aromatic rings. The third kappa shape index (κ3) is 2.38. The molecule has 25 heavy (non-hydrogen) atoms. The van der Waals surface area contributed by atoms with Gasteiger partial charge in [-0.25, -0.2) is 0 Å². The van der Waals surface area contributed by atoms with Crippen LogP contribution in [0.5, 0.6) is 23.1 Å². The van der Waals surface area contributed by atoms with Crippen LogP contribution in [0.2, 0.25) is 0 Å². The van der Waals surface area contributed by atoms with Gasteiger partial charge in [0.25, 0.3) is 5.56 Å². The molecule has 0 amide bonds. The second-order valence-electron chi connectivity index (χ2n) is 6.17. The summed E-state index contributed by atoms with van der Waals surface area (Å²) in [7, 11) is 3.53. The third-order valence-electron chi connectivity index (χ3n) is 4.77. The zero-order valence-electron chi connectivity index (χ0n) is 13.8. The maximum atomic E-state index is 12.5. The summed E-state index contributed by atoms with van der Waals surface area (Å²) in [6.45, 7) is 0.918. The number of hydrogen-bond acceptors (Lipinski definition) is 6. The molecule has 0 aliphatic carbocycles. The fourth-order valence-corrected chi connectivity index (χ4v) is 3.86. The van der Waals surface area contributed by atoms with Crippen molar-refractivity contribution in [2.75, 3.05) is 27.5 Å². The molecule has 0 saturated carbocycles. The number of aromatic nitrogens is 2.